The molecule has 0 aliphatic carbocycles. The lowest BCUT2D eigenvalue weighted by Gasteiger charge is -2.19. The summed E-state index contributed by atoms with van der Waals surface area (Å²) in [5.74, 6) is 0. The van der Waals surface area contributed by atoms with Crippen molar-refractivity contribution in [2.24, 2.45) is 0 Å². The Morgan fingerprint density at radius 3 is 2.08 bits per heavy atom. The summed E-state index contributed by atoms with van der Waals surface area (Å²) in [5.41, 5.74) is 3.04. The molecule has 1 aromatic rings. The minimum absolute atomic E-state index is 0.261. The fourth-order valence-electron chi connectivity index (χ4n) is 1.28. The second kappa shape index (κ2) is 4.67. The lowest BCUT2D eigenvalue weighted by Crippen LogP contribution is -2.10. The van der Waals surface area contributed by atoms with E-state index < -0.39 is 0 Å². The van der Waals surface area contributed by atoms with Crippen LogP contribution < -0.4 is 0 Å². The molecule has 1 aromatic carbocycles. The minimum atomic E-state index is -0.359. The molecule has 0 spiro atoms. The molecule has 0 fully saturated rings. The summed E-state index contributed by atoms with van der Waals surface area (Å²) < 4.78 is 1.10. The van der Waals surface area contributed by atoms with Crippen LogP contribution in [-0.4, -0.2) is 19.3 Å². The van der Waals surface area contributed by atoms with Crippen molar-refractivity contribution in [1.29, 1.82) is 0 Å². The standard InChI is InChI=1S/C11H15.ClH.Mg/c1-9-5-7-10(8-6-9)11(2,3)4;;/h5-8H,1H2,2-4H3;1H;/q;;+1/p-1. The second-order valence-electron chi connectivity index (χ2n) is 4.39. The van der Waals surface area contributed by atoms with Crippen molar-refractivity contribution >= 4 is 28.3 Å². The van der Waals surface area contributed by atoms with E-state index in [2.05, 4.69) is 45.0 Å². The lowest BCUT2D eigenvalue weighted by atomic mass is 9.87. The fraction of sp³-hybridized carbons (Fsp3) is 0.455. The van der Waals surface area contributed by atoms with Crippen LogP contribution in [0, 0.1) is 0 Å². The Bertz CT molecular complexity index is 258. The molecule has 0 bridgehead atoms. The molecule has 0 aromatic heterocycles. The third kappa shape index (κ3) is 3.49. The highest BCUT2D eigenvalue weighted by molar-refractivity contribution is 6.93. The molecule has 0 unspecified atom stereocenters. The van der Waals surface area contributed by atoms with Gasteiger partial charge in [0.05, 0.1) is 0 Å². The molecular formula is C11H15ClMg. The van der Waals surface area contributed by atoms with E-state index >= 15 is 0 Å². The van der Waals surface area contributed by atoms with Crippen LogP contribution in [0.25, 0.3) is 0 Å². The Morgan fingerprint density at radius 2 is 1.69 bits per heavy atom. The van der Waals surface area contributed by atoms with Crippen LogP contribution in [0.5, 0.6) is 0 Å². The minimum Gasteiger partial charge on any atom is -0.345 e. The van der Waals surface area contributed by atoms with E-state index in [9.17, 15) is 0 Å². The average Bonchev–Trinajstić information content (AvgIpc) is 2.04. The van der Waals surface area contributed by atoms with Gasteiger partial charge in [0.25, 0.3) is 0 Å². The predicted octanol–water partition coefficient (Wildman–Crippen LogP) is 3.34. The Balaban J connectivity index is 2.81. The SMILES string of the molecule is CC(C)(C)c1ccc([CH2][Mg][Cl])cc1. The van der Waals surface area contributed by atoms with Gasteiger partial charge in [-0.2, -0.15) is 0 Å². The first-order chi connectivity index (χ1) is 6.04. The molecule has 0 aliphatic heterocycles. The van der Waals surface area contributed by atoms with Gasteiger partial charge in [-0.1, -0.05) is 55.2 Å². The zero-order valence-electron chi connectivity index (χ0n) is 8.60. The summed E-state index contributed by atoms with van der Waals surface area (Å²) in [5, 5.41) is 0. The summed E-state index contributed by atoms with van der Waals surface area (Å²) in [4.78, 5) is 0. The highest BCUT2D eigenvalue weighted by Crippen LogP contribution is 2.22. The van der Waals surface area contributed by atoms with Gasteiger partial charge in [-0.25, -0.2) is 0 Å². The molecule has 0 atom stereocenters. The number of hydrogen-bond acceptors (Lipinski definition) is 0. The normalized spacial score (nSPS) is 11.1. The summed E-state index contributed by atoms with van der Waals surface area (Å²) in [6.45, 7) is 6.70. The third-order valence-corrected chi connectivity index (χ3v) is 3.54. The summed E-state index contributed by atoms with van der Waals surface area (Å²) >= 11 is -0.359. The van der Waals surface area contributed by atoms with E-state index in [1.807, 2.05) is 0 Å². The molecule has 68 valence electrons. The van der Waals surface area contributed by atoms with E-state index in [4.69, 9.17) is 9.07 Å². The molecule has 0 nitrogen and oxygen atoms in total. The highest BCUT2D eigenvalue weighted by Gasteiger charge is 2.12. The summed E-state index contributed by atoms with van der Waals surface area (Å²) in [6.07, 6.45) is 0. The first-order valence-corrected chi connectivity index (χ1v) is 7.83. The van der Waals surface area contributed by atoms with Gasteiger partial charge in [0, 0.05) is 0 Å². The summed E-state index contributed by atoms with van der Waals surface area (Å²) in [6, 6.07) is 8.85. The van der Waals surface area contributed by atoms with Gasteiger partial charge >= 0.3 is 19.3 Å². The van der Waals surface area contributed by atoms with Crippen LogP contribution in [0.15, 0.2) is 24.3 Å². The Hall–Kier alpha value is 0.276. The van der Waals surface area contributed by atoms with Crippen molar-refractivity contribution in [3.8, 4) is 0 Å². The van der Waals surface area contributed by atoms with Gasteiger partial charge in [-0.3, -0.25) is 0 Å². The maximum atomic E-state index is 5.80. The fourth-order valence-corrected chi connectivity index (χ4v) is 2.49. The van der Waals surface area contributed by atoms with Gasteiger partial charge in [-0.05, 0) is 11.0 Å². The van der Waals surface area contributed by atoms with Crippen molar-refractivity contribution in [2.45, 2.75) is 30.7 Å². The molecule has 0 heterocycles. The molecule has 0 saturated carbocycles. The third-order valence-electron chi connectivity index (χ3n) is 2.20. The van der Waals surface area contributed by atoms with Crippen molar-refractivity contribution in [3.63, 3.8) is 0 Å². The maximum Gasteiger partial charge on any atom is 0.505 e. The van der Waals surface area contributed by atoms with Crippen LogP contribution in [0.1, 0.15) is 31.9 Å². The van der Waals surface area contributed by atoms with Crippen LogP contribution in [0.4, 0.5) is 0 Å². The van der Waals surface area contributed by atoms with Crippen LogP contribution >= 0.6 is 9.07 Å². The molecule has 0 saturated heterocycles. The van der Waals surface area contributed by atoms with Crippen molar-refractivity contribution < 1.29 is 0 Å². The number of halogens is 1. The first-order valence-electron chi connectivity index (χ1n) is 4.69. The molecule has 0 amide bonds. The smallest absolute Gasteiger partial charge is 0.345 e. The molecule has 0 N–H and O–H groups in total. The zero-order valence-corrected chi connectivity index (χ0v) is 10.8. The van der Waals surface area contributed by atoms with E-state index in [0.717, 1.165) is 4.55 Å². The molecule has 2 heteroatoms. The Labute approximate surface area is 94.2 Å². The number of benzene rings is 1. The predicted molar refractivity (Wildman–Crippen MR) is 60.5 cm³/mol. The largest absolute Gasteiger partial charge is 0.505 e. The van der Waals surface area contributed by atoms with Gasteiger partial charge in [0.2, 0.25) is 0 Å². The second-order valence-corrected chi connectivity index (χ2v) is 6.40. The van der Waals surface area contributed by atoms with Crippen molar-refractivity contribution in [2.75, 3.05) is 0 Å². The van der Waals surface area contributed by atoms with Gasteiger partial charge in [0.1, 0.15) is 0 Å². The number of hydrogen-bond donors (Lipinski definition) is 0. The average molecular weight is 207 g/mol. The molecule has 13 heavy (non-hydrogen) atoms. The van der Waals surface area contributed by atoms with Crippen LogP contribution in [-0.2, 0) is 9.97 Å². The Morgan fingerprint density at radius 1 is 1.15 bits per heavy atom. The lowest BCUT2D eigenvalue weighted by molar-refractivity contribution is 0.590. The van der Waals surface area contributed by atoms with Gasteiger partial charge in [0.15, 0.2) is 0 Å². The van der Waals surface area contributed by atoms with E-state index in [0.29, 0.717) is 0 Å². The molecule has 1 rings (SSSR count). The summed E-state index contributed by atoms with van der Waals surface area (Å²) in [7, 11) is 5.80. The zero-order chi connectivity index (χ0) is 9.90. The molecule has 0 aliphatic rings. The quantitative estimate of drug-likeness (QED) is 0.652. The van der Waals surface area contributed by atoms with Crippen molar-refractivity contribution in [1.82, 2.24) is 0 Å². The monoisotopic (exact) mass is 206 g/mol. The topological polar surface area (TPSA) is 0 Å². The molecular weight excluding hydrogens is 192 g/mol. The van der Waals surface area contributed by atoms with E-state index in [1.165, 1.54) is 11.1 Å². The van der Waals surface area contributed by atoms with Crippen LogP contribution in [0.2, 0.25) is 0 Å². The molecule has 0 radical (unpaired) electrons. The Kier molecular flexibility index (Phi) is 4.08. The van der Waals surface area contributed by atoms with Gasteiger partial charge in [-0.15, -0.1) is 0 Å². The maximum absolute atomic E-state index is 5.80. The highest BCUT2D eigenvalue weighted by atomic mass is 35.5. The first kappa shape index (κ1) is 11.4. The van der Waals surface area contributed by atoms with Gasteiger partial charge < -0.3 is 9.07 Å². The van der Waals surface area contributed by atoms with Crippen molar-refractivity contribution in [3.05, 3.63) is 35.4 Å². The number of rotatable bonds is 2. The van der Waals surface area contributed by atoms with Crippen LogP contribution in [0.3, 0.4) is 0 Å². The van der Waals surface area contributed by atoms with E-state index in [-0.39, 0.29) is 24.7 Å². The van der Waals surface area contributed by atoms with E-state index in [1.54, 1.807) is 0 Å².